The van der Waals surface area contributed by atoms with E-state index >= 15 is 0 Å². The second-order valence-electron chi connectivity index (χ2n) is 7.62. The number of hydrogen-bond acceptors (Lipinski definition) is 5. The minimum Gasteiger partial charge on any atom is -0.638 e. The van der Waals surface area contributed by atoms with Gasteiger partial charge in [0.15, 0.2) is 5.78 Å². The van der Waals surface area contributed by atoms with E-state index in [0.29, 0.717) is 23.4 Å². The molecule has 2 heterocycles. The number of benzene rings is 1. The number of Topliss-reactive ketones (excluding diaryl/α,β-unsaturated/α-hetero) is 1. The van der Waals surface area contributed by atoms with Crippen LogP contribution in [0, 0.1) is 12.7 Å². The number of likely N-dealkylation sites (tertiary alicyclic amines) is 1. The zero-order chi connectivity index (χ0) is 22.5. The quantitative estimate of drug-likeness (QED) is 0.536. The fourth-order valence-electron chi connectivity index (χ4n) is 3.58. The summed E-state index contributed by atoms with van der Waals surface area (Å²) in [5.74, 6) is -0.793. The van der Waals surface area contributed by atoms with Gasteiger partial charge in [-0.3, -0.25) is 14.6 Å². The summed E-state index contributed by atoms with van der Waals surface area (Å²) in [6, 6.07) is 5.76. The van der Waals surface area contributed by atoms with E-state index < -0.39 is 11.9 Å². The van der Waals surface area contributed by atoms with Gasteiger partial charge in [-0.15, -0.1) is 6.54 Å². The summed E-state index contributed by atoms with van der Waals surface area (Å²) in [6.07, 6.45) is 2.81. The first-order valence-corrected chi connectivity index (χ1v) is 10.5. The molecule has 1 amide bonds. The number of aryl methyl sites for hydroxylation is 1. The largest absolute Gasteiger partial charge is 1.00 e. The van der Waals surface area contributed by atoms with Gasteiger partial charge in [0.25, 0.3) is 0 Å². The number of pyridine rings is 1. The van der Waals surface area contributed by atoms with E-state index in [1.165, 1.54) is 13.0 Å². The standard InChI is InChI=1S/C22H26ClFN5O2.K/c1-13-9-16(22(25)14(2)30)18(11-26-13)27-12-20(31)29-8-4-7-19(29)28-10-15-5-3-6-17(23)21(15)24;/h3,5-6,9,11,19,22,27H,4,7-8,10,12,25H2,1-2H3;/q-1;+1. The molecular weight excluding hydrogens is 460 g/mol. The Morgan fingerprint density at radius 3 is 2.91 bits per heavy atom. The topological polar surface area (TPSA) is 102 Å². The van der Waals surface area contributed by atoms with Crippen LogP contribution >= 0.6 is 11.6 Å². The predicted octanol–water partition coefficient (Wildman–Crippen LogP) is 0.710. The monoisotopic (exact) mass is 485 g/mol. The number of nitrogens with zero attached hydrogens (tertiary/aromatic N) is 3. The van der Waals surface area contributed by atoms with Gasteiger partial charge in [0.05, 0.1) is 29.5 Å². The number of nitrogens with two attached hydrogens (primary N) is 1. The van der Waals surface area contributed by atoms with Gasteiger partial charge < -0.3 is 21.3 Å². The molecule has 0 saturated carbocycles. The van der Waals surface area contributed by atoms with Gasteiger partial charge in [0, 0.05) is 17.8 Å². The van der Waals surface area contributed by atoms with Gasteiger partial charge in [0.1, 0.15) is 5.82 Å². The zero-order valence-electron chi connectivity index (χ0n) is 18.6. The van der Waals surface area contributed by atoms with Gasteiger partial charge in [-0.1, -0.05) is 36.3 Å². The zero-order valence-corrected chi connectivity index (χ0v) is 22.4. The number of carbonyl (C=O) groups excluding carboxylic acids is 2. The first-order chi connectivity index (χ1) is 14.8. The molecule has 0 bridgehead atoms. The van der Waals surface area contributed by atoms with Crippen LogP contribution in [-0.2, 0) is 16.1 Å². The molecule has 166 valence electrons. The molecule has 0 aliphatic carbocycles. The molecule has 2 unspecified atom stereocenters. The number of anilines is 1. The van der Waals surface area contributed by atoms with Crippen molar-refractivity contribution in [2.24, 2.45) is 5.73 Å². The minimum atomic E-state index is -0.790. The third-order valence-corrected chi connectivity index (χ3v) is 5.61. The second-order valence-corrected chi connectivity index (χ2v) is 8.03. The van der Waals surface area contributed by atoms with E-state index in [4.69, 9.17) is 17.3 Å². The molecule has 10 heteroatoms. The smallest absolute Gasteiger partial charge is 0.638 e. The van der Waals surface area contributed by atoms with Crippen molar-refractivity contribution >= 4 is 29.0 Å². The summed E-state index contributed by atoms with van der Waals surface area (Å²) in [5, 5.41) is 7.65. The molecule has 3 rings (SSSR count). The number of aromatic nitrogens is 1. The molecule has 1 aliphatic heterocycles. The third kappa shape index (κ3) is 6.80. The Morgan fingerprint density at radius 2 is 2.19 bits per heavy atom. The van der Waals surface area contributed by atoms with Crippen LogP contribution in [0.4, 0.5) is 10.1 Å². The van der Waals surface area contributed by atoms with Crippen molar-refractivity contribution in [2.75, 3.05) is 18.4 Å². The minimum absolute atomic E-state index is 0. The Kier molecular flexibility index (Phi) is 10.7. The molecule has 0 spiro atoms. The van der Waals surface area contributed by atoms with Crippen molar-refractivity contribution in [2.45, 2.75) is 45.4 Å². The predicted molar refractivity (Wildman–Crippen MR) is 118 cm³/mol. The SMILES string of the molecule is CC(=O)C(N)c1cc(C)ncc1NCC(=O)N1CCCC1[N-]Cc1cccc(Cl)c1F.[K+]. The van der Waals surface area contributed by atoms with Crippen molar-refractivity contribution in [1.29, 1.82) is 0 Å². The molecule has 1 aromatic carbocycles. The maximum Gasteiger partial charge on any atom is 1.00 e. The number of amides is 1. The van der Waals surface area contributed by atoms with Gasteiger partial charge >= 0.3 is 51.4 Å². The van der Waals surface area contributed by atoms with E-state index in [9.17, 15) is 14.0 Å². The molecule has 0 radical (unpaired) electrons. The number of nitrogens with one attached hydrogen (secondary N) is 1. The molecule has 32 heavy (non-hydrogen) atoms. The number of ketones is 1. The van der Waals surface area contributed by atoms with Crippen LogP contribution in [0.3, 0.4) is 0 Å². The van der Waals surface area contributed by atoms with E-state index in [2.05, 4.69) is 15.6 Å². The summed E-state index contributed by atoms with van der Waals surface area (Å²) in [5.41, 5.74) is 8.30. The Bertz CT molecular complexity index is 977. The van der Waals surface area contributed by atoms with Crippen molar-refractivity contribution in [1.82, 2.24) is 9.88 Å². The van der Waals surface area contributed by atoms with E-state index in [-0.39, 0.29) is 87.4 Å². The maximum atomic E-state index is 14.1. The molecular formula is C22H26ClFKN5O2. The summed E-state index contributed by atoms with van der Waals surface area (Å²) in [4.78, 5) is 30.5. The van der Waals surface area contributed by atoms with Gasteiger partial charge in [-0.2, -0.15) is 0 Å². The number of halogens is 2. The molecule has 2 atom stereocenters. The molecule has 7 nitrogen and oxygen atoms in total. The van der Waals surface area contributed by atoms with Crippen molar-refractivity contribution in [3.63, 3.8) is 0 Å². The fourth-order valence-corrected chi connectivity index (χ4v) is 3.78. The van der Waals surface area contributed by atoms with E-state index in [1.807, 2.05) is 6.92 Å². The molecule has 1 aliphatic rings. The van der Waals surface area contributed by atoms with Crippen molar-refractivity contribution in [3.05, 3.63) is 63.4 Å². The molecule has 2 aromatic rings. The molecule has 1 aromatic heterocycles. The molecule has 1 saturated heterocycles. The van der Waals surface area contributed by atoms with Gasteiger partial charge in [-0.25, -0.2) is 4.39 Å². The van der Waals surface area contributed by atoms with Crippen LogP contribution in [-0.4, -0.2) is 40.8 Å². The first kappa shape index (κ1) is 27.3. The Balaban J connectivity index is 0.00000363. The number of rotatable bonds is 8. The molecule has 3 N–H and O–H groups in total. The average molecular weight is 486 g/mol. The summed E-state index contributed by atoms with van der Waals surface area (Å²) < 4.78 is 14.1. The van der Waals surface area contributed by atoms with Gasteiger partial charge in [-0.05, 0) is 38.0 Å². The van der Waals surface area contributed by atoms with Crippen LogP contribution < -0.4 is 62.4 Å². The maximum absolute atomic E-state index is 14.1. The Labute approximate surface area is 235 Å². The average Bonchev–Trinajstić information content (AvgIpc) is 3.21. The van der Waals surface area contributed by atoms with Gasteiger partial charge in [0.2, 0.25) is 5.91 Å². The first-order valence-electron chi connectivity index (χ1n) is 10.1. The van der Waals surface area contributed by atoms with Crippen molar-refractivity contribution in [3.8, 4) is 0 Å². The summed E-state index contributed by atoms with van der Waals surface area (Å²) in [6.45, 7) is 3.98. The van der Waals surface area contributed by atoms with Crippen LogP contribution in [0.15, 0.2) is 30.5 Å². The second kappa shape index (κ2) is 12.5. The summed E-state index contributed by atoms with van der Waals surface area (Å²) in [7, 11) is 0. The summed E-state index contributed by atoms with van der Waals surface area (Å²) >= 11 is 5.83. The number of hydrogen-bond donors (Lipinski definition) is 2. The van der Waals surface area contributed by atoms with E-state index in [0.717, 1.165) is 18.5 Å². The van der Waals surface area contributed by atoms with Crippen LogP contribution in [0.5, 0.6) is 0 Å². The normalized spacial score (nSPS) is 16.4. The van der Waals surface area contributed by atoms with E-state index in [1.54, 1.807) is 29.3 Å². The molecule has 1 fully saturated rings. The Morgan fingerprint density at radius 1 is 1.44 bits per heavy atom. The number of carbonyl (C=O) groups is 2. The third-order valence-electron chi connectivity index (χ3n) is 5.32. The van der Waals surface area contributed by atoms with Crippen LogP contribution in [0.2, 0.25) is 5.02 Å². The fraction of sp³-hybridized carbons (Fsp3) is 0.409. The van der Waals surface area contributed by atoms with Crippen LogP contribution in [0.1, 0.15) is 42.6 Å². The van der Waals surface area contributed by atoms with Crippen LogP contribution in [0.25, 0.3) is 5.32 Å². The Hall–Kier alpha value is -0.914. The van der Waals surface area contributed by atoms with Crippen molar-refractivity contribution < 1.29 is 65.4 Å².